The van der Waals surface area contributed by atoms with Crippen LogP contribution in [0.5, 0.6) is 0 Å². The number of furan rings is 1. The lowest BCUT2D eigenvalue weighted by Gasteiger charge is -2.43. The molecule has 4 heterocycles. The van der Waals surface area contributed by atoms with Gasteiger partial charge in [0.25, 0.3) is 17.4 Å². The van der Waals surface area contributed by atoms with Crippen LogP contribution >= 0.6 is 0 Å². The number of piperidine rings is 1. The summed E-state index contributed by atoms with van der Waals surface area (Å²) in [5.74, 6) is -0.699. The summed E-state index contributed by atoms with van der Waals surface area (Å²) in [6.45, 7) is 1.49. The summed E-state index contributed by atoms with van der Waals surface area (Å²) in [6, 6.07) is 12.1. The van der Waals surface area contributed by atoms with Crippen molar-refractivity contribution in [2.45, 2.75) is 18.9 Å². The Hall–Kier alpha value is -3.68. The van der Waals surface area contributed by atoms with Crippen molar-refractivity contribution in [2.75, 3.05) is 18.4 Å². The van der Waals surface area contributed by atoms with Gasteiger partial charge in [-0.3, -0.25) is 14.4 Å². The van der Waals surface area contributed by atoms with Crippen LogP contribution in [-0.4, -0.2) is 34.4 Å². The van der Waals surface area contributed by atoms with Crippen molar-refractivity contribution < 1.29 is 18.4 Å². The quantitative estimate of drug-likeness (QED) is 0.704. The van der Waals surface area contributed by atoms with Gasteiger partial charge in [-0.05, 0) is 60.9 Å². The molecular formula is C23H20FN3O4. The zero-order valence-corrected chi connectivity index (χ0v) is 16.6. The highest BCUT2D eigenvalue weighted by Gasteiger charge is 2.37. The van der Waals surface area contributed by atoms with E-state index in [4.69, 9.17) is 4.42 Å². The normalized spacial score (nSPS) is 19.6. The first-order valence-corrected chi connectivity index (χ1v) is 10.1. The van der Waals surface area contributed by atoms with Crippen LogP contribution in [0, 0.1) is 11.7 Å². The van der Waals surface area contributed by atoms with E-state index in [1.54, 1.807) is 21.6 Å². The van der Waals surface area contributed by atoms with Crippen LogP contribution in [0.15, 0.2) is 64.0 Å². The Kier molecular flexibility index (Phi) is 4.69. The van der Waals surface area contributed by atoms with Gasteiger partial charge in [0.05, 0.1) is 6.26 Å². The number of amides is 2. The van der Waals surface area contributed by atoms with Crippen molar-refractivity contribution >= 4 is 17.5 Å². The highest BCUT2D eigenvalue weighted by atomic mass is 19.1. The average Bonchev–Trinajstić information content (AvgIpc) is 3.31. The second kappa shape index (κ2) is 7.54. The summed E-state index contributed by atoms with van der Waals surface area (Å²) >= 11 is 0. The molecule has 8 heteroatoms. The Morgan fingerprint density at radius 3 is 2.58 bits per heavy atom. The number of pyridine rings is 1. The van der Waals surface area contributed by atoms with Gasteiger partial charge in [-0.15, -0.1) is 0 Å². The molecule has 0 saturated carbocycles. The minimum atomic E-state index is -0.477. The Morgan fingerprint density at radius 1 is 1.03 bits per heavy atom. The first kappa shape index (κ1) is 19.3. The lowest BCUT2D eigenvalue weighted by Crippen LogP contribution is -2.49. The Labute approximate surface area is 177 Å². The van der Waals surface area contributed by atoms with E-state index in [0.29, 0.717) is 25.2 Å². The third kappa shape index (κ3) is 3.54. The lowest BCUT2D eigenvalue weighted by atomic mass is 9.83. The predicted molar refractivity (Wildman–Crippen MR) is 111 cm³/mol. The van der Waals surface area contributed by atoms with E-state index in [9.17, 15) is 18.8 Å². The number of benzene rings is 1. The summed E-state index contributed by atoms with van der Waals surface area (Å²) < 4.78 is 20.0. The molecule has 1 saturated heterocycles. The molecule has 0 radical (unpaired) electrons. The number of hydrogen-bond donors (Lipinski definition) is 1. The number of rotatable bonds is 3. The van der Waals surface area contributed by atoms with Crippen molar-refractivity contribution in [1.29, 1.82) is 0 Å². The molecule has 1 fully saturated rings. The highest BCUT2D eigenvalue weighted by Crippen LogP contribution is 2.36. The molecule has 5 rings (SSSR count). The van der Waals surface area contributed by atoms with E-state index >= 15 is 0 Å². The molecule has 2 aliphatic heterocycles. The Bertz CT molecular complexity index is 1200. The van der Waals surface area contributed by atoms with Crippen LogP contribution in [0.1, 0.15) is 38.9 Å². The molecule has 3 aromatic rings. The third-order valence-corrected chi connectivity index (χ3v) is 5.98. The second-order valence-corrected chi connectivity index (χ2v) is 8.03. The molecular weight excluding hydrogens is 401 g/mol. The van der Waals surface area contributed by atoms with Gasteiger partial charge in [-0.2, -0.15) is 0 Å². The summed E-state index contributed by atoms with van der Waals surface area (Å²) in [6.07, 6.45) is 2.29. The molecule has 7 nitrogen and oxygen atoms in total. The predicted octanol–water partition coefficient (Wildman–Crippen LogP) is 3.09. The van der Waals surface area contributed by atoms with Gasteiger partial charge >= 0.3 is 0 Å². The van der Waals surface area contributed by atoms with E-state index < -0.39 is 5.91 Å². The molecule has 2 bridgehead atoms. The van der Waals surface area contributed by atoms with E-state index in [2.05, 4.69) is 5.32 Å². The zero-order valence-electron chi connectivity index (χ0n) is 16.6. The molecule has 158 valence electrons. The third-order valence-electron chi connectivity index (χ3n) is 5.98. The maximum Gasteiger partial charge on any atom is 0.291 e. The van der Waals surface area contributed by atoms with Crippen LogP contribution in [0.4, 0.5) is 10.1 Å². The van der Waals surface area contributed by atoms with Gasteiger partial charge in [0.15, 0.2) is 5.76 Å². The van der Waals surface area contributed by atoms with E-state index in [0.717, 1.165) is 12.1 Å². The van der Waals surface area contributed by atoms with Gasteiger partial charge < -0.3 is 19.2 Å². The van der Waals surface area contributed by atoms with Crippen LogP contribution in [0.2, 0.25) is 0 Å². The number of aromatic nitrogens is 1. The first-order valence-electron chi connectivity index (χ1n) is 10.1. The van der Waals surface area contributed by atoms with E-state index in [1.165, 1.54) is 36.6 Å². The zero-order chi connectivity index (χ0) is 21.5. The summed E-state index contributed by atoms with van der Waals surface area (Å²) in [4.78, 5) is 39.9. The van der Waals surface area contributed by atoms with Crippen LogP contribution in [0.3, 0.4) is 0 Å². The van der Waals surface area contributed by atoms with Crippen molar-refractivity contribution in [2.24, 2.45) is 5.92 Å². The highest BCUT2D eigenvalue weighted by molar-refractivity contribution is 6.02. The second-order valence-electron chi connectivity index (χ2n) is 8.03. The maximum atomic E-state index is 13.2. The fraction of sp³-hybridized carbons (Fsp3) is 0.261. The number of nitrogens with one attached hydrogen (secondary N) is 1. The summed E-state index contributed by atoms with van der Waals surface area (Å²) in [5.41, 5.74) is 1.25. The molecule has 31 heavy (non-hydrogen) atoms. The molecule has 1 aromatic carbocycles. The van der Waals surface area contributed by atoms with E-state index in [1.807, 2.05) is 6.07 Å². The molecule has 0 spiro atoms. The number of carbonyl (C=O) groups excluding carboxylic acids is 2. The van der Waals surface area contributed by atoms with Crippen LogP contribution in [0.25, 0.3) is 0 Å². The fourth-order valence-electron chi connectivity index (χ4n) is 4.57. The van der Waals surface area contributed by atoms with Gasteiger partial charge in [0.2, 0.25) is 0 Å². The average molecular weight is 421 g/mol. The van der Waals surface area contributed by atoms with Crippen molar-refractivity contribution in [3.05, 3.63) is 88.0 Å². The van der Waals surface area contributed by atoms with Crippen molar-refractivity contribution in [1.82, 2.24) is 9.47 Å². The smallest absolute Gasteiger partial charge is 0.291 e. The molecule has 2 atom stereocenters. The van der Waals surface area contributed by atoms with Crippen molar-refractivity contribution in [3.8, 4) is 0 Å². The number of carbonyl (C=O) groups is 2. The first-order chi connectivity index (χ1) is 15.0. The standard InChI is InChI=1S/C23H20FN3O4/c24-17-5-3-15(4-6-17)22(29)26-11-14-10-16(13-26)19-8-7-18(23(30)27(19)12-14)25-21(28)20-2-1-9-31-20/h1-9,14,16H,10-13H2,(H,25,28)/t14-,16-/m1/s1. The SMILES string of the molecule is O=C(Nc1ccc2n(c1=O)C[C@@H]1C[C@@H]2CN(C(=O)c2ccc(F)cc2)C1)c1ccco1. The number of likely N-dealkylation sites (tertiary alicyclic amines) is 1. The largest absolute Gasteiger partial charge is 0.459 e. The Morgan fingerprint density at radius 2 is 1.84 bits per heavy atom. The molecule has 0 aliphatic carbocycles. The number of hydrogen-bond acceptors (Lipinski definition) is 4. The fourth-order valence-corrected chi connectivity index (χ4v) is 4.57. The van der Waals surface area contributed by atoms with Crippen molar-refractivity contribution in [3.63, 3.8) is 0 Å². The monoisotopic (exact) mass is 421 g/mol. The van der Waals surface area contributed by atoms with E-state index in [-0.39, 0.29) is 40.6 Å². The number of nitrogens with zero attached hydrogens (tertiary/aromatic N) is 2. The molecule has 1 N–H and O–H groups in total. The minimum absolute atomic E-state index is 0.0272. The molecule has 2 aliphatic rings. The maximum absolute atomic E-state index is 13.2. The molecule has 2 amide bonds. The summed E-state index contributed by atoms with van der Waals surface area (Å²) in [5, 5.41) is 2.62. The summed E-state index contributed by atoms with van der Waals surface area (Å²) in [7, 11) is 0. The van der Waals surface area contributed by atoms with Gasteiger partial charge in [-0.1, -0.05) is 0 Å². The van der Waals surface area contributed by atoms with Gasteiger partial charge in [0.1, 0.15) is 11.5 Å². The lowest BCUT2D eigenvalue weighted by molar-refractivity contribution is 0.0594. The minimum Gasteiger partial charge on any atom is -0.459 e. The number of halogens is 1. The Balaban J connectivity index is 1.38. The van der Waals surface area contributed by atoms with Gasteiger partial charge in [0, 0.05) is 36.8 Å². The number of anilines is 1. The van der Waals surface area contributed by atoms with Crippen LogP contribution in [-0.2, 0) is 6.54 Å². The number of fused-ring (bicyclic) bond motifs is 4. The topological polar surface area (TPSA) is 84.5 Å². The van der Waals surface area contributed by atoms with Crippen LogP contribution < -0.4 is 10.9 Å². The molecule has 2 aromatic heterocycles. The van der Waals surface area contributed by atoms with Gasteiger partial charge in [-0.25, -0.2) is 4.39 Å². The molecule has 0 unspecified atom stereocenters.